The molecule has 0 radical (unpaired) electrons. The summed E-state index contributed by atoms with van der Waals surface area (Å²) in [5.74, 6) is 1.26. The van der Waals surface area contributed by atoms with Gasteiger partial charge in [0.25, 0.3) is 0 Å². The summed E-state index contributed by atoms with van der Waals surface area (Å²) in [4.78, 5) is 0. The first-order chi connectivity index (χ1) is 9.35. The molecule has 100 valence electrons. The van der Waals surface area contributed by atoms with Crippen LogP contribution in [0.2, 0.25) is 0 Å². The third kappa shape index (κ3) is 2.21. The molecular formula is C14H17N3O2. The molecule has 1 aliphatic rings. The maximum absolute atomic E-state index is 9.38. The molecule has 1 aromatic heterocycles. The Balaban J connectivity index is 2.09. The fourth-order valence-electron chi connectivity index (χ4n) is 2.29. The maximum Gasteiger partial charge on any atom is 0.145 e. The molecule has 0 spiro atoms. The normalized spacial score (nSPS) is 14.6. The molecule has 1 fully saturated rings. The number of hydrogen-bond acceptors (Lipinski definition) is 4. The van der Waals surface area contributed by atoms with Gasteiger partial charge >= 0.3 is 0 Å². The fourth-order valence-corrected chi connectivity index (χ4v) is 2.29. The fraction of sp³-hybridized carbons (Fsp3) is 0.429. The van der Waals surface area contributed by atoms with Crippen LogP contribution in [0.15, 0.2) is 24.3 Å². The van der Waals surface area contributed by atoms with Crippen LogP contribution in [0.5, 0.6) is 5.75 Å². The van der Waals surface area contributed by atoms with Crippen LogP contribution < -0.4 is 4.74 Å². The molecule has 1 saturated carbocycles. The third-order valence-electron chi connectivity index (χ3n) is 3.29. The molecule has 0 aliphatic heterocycles. The van der Waals surface area contributed by atoms with E-state index >= 15 is 0 Å². The van der Waals surface area contributed by atoms with Crippen LogP contribution in [0.25, 0.3) is 5.69 Å². The van der Waals surface area contributed by atoms with Crippen molar-refractivity contribution in [3.05, 3.63) is 35.7 Å². The highest BCUT2D eigenvalue weighted by atomic mass is 16.5. The van der Waals surface area contributed by atoms with Crippen molar-refractivity contribution in [2.75, 3.05) is 6.61 Å². The van der Waals surface area contributed by atoms with Gasteiger partial charge in [-0.2, -0.15) is 0 Å². The lowest BCUT2D eigenvalue weighted by Crippen LogP contribution is -2.05. The Morgan fingerprint density at radius 2 is 2.16 bits per heavy atom. The third-order valence-corrected chi connectivity index (χ3v) is 3.29. The highest BCUT2D eigenvalue weighted by molar-refractivity contribution is 5.47. The topological polar surface area (TPSA) is 60.2 Å². The summed E-state index contributed by atoms with van der Waals surface area (Å²) in [5.41, 5.74) is 2.59. The minimum absolute atomic E-state index is 0.0668. The highest BCUT2D eigenvalue weighted by Gasteiger charge is 2.32. The van der Waals surface area contributed by atoms with Crippen molar-refractivity contribution in [3.8, 4) is 11.4 Å². The van der Waals surface area contributed by atoms with E-state index < -0.39 is 0 Å². The quantitative estimate of drug-likeness (QED) is 0.892. The van der Waals surface area contributed by atoms with Gasteiger partial charge in [-0.25, -0.2) is 4.68 Å². The number of rotatable bonds is 5. The largest absolute Gasteiger partial charge is 0.492 e. The Morgan fingerprint density at radius 3 is 2.84 bits per heavy atom. The summed E-state index contributed by atoms with van der Waals surface area (Å²) in [5, 5.41) is 17.6. The summed E-state index contributed by atoms with van der Waals surface area (Å²) in [7, 11) is 0. The smallest absolute Gasteiger partial charge is 0.145 e. The van der Waals surface area contributed by atoms with Crippen LogP contribution in [0.4, 0.5) is 0 Å². The average Bonchev–Trinajstić information content (AvgIpc) is 3.19. The number of benzene rings is 1. The number of para-hydroxylation sites is 2. The van der Waals surface area contributed by atoms with Gasteiger partial charge in [0.15, 0.2) is 0 Å². The van der Waals surface area contributed by atoms with Gasteiger partial charge in [0, 0.05) is 5.92 Å². The van der Waals surface area contributed by atoms with Crippen molar-refractivity contribution >= 4 is 0 Å². The van der Waals surface area contributed by atoms with Gasteiger partial charge in [-0.3, -0.25) is 0 Å². The Kier molecular flexibility index (Phi) is 3.21. The zero-order valence-corrected chi connectivity index (χ0v) is 10.9. The lowest BCUT2D eigenvalue weighted by Gasteiger charge is -2.11. The van der Waals surface area contributed by atoms with E-state index in [0.717, 1.165) is 30.0 Å². The van der Waals surface area contributed by atoms with E-state index in [9.17, 15) is 5.11 Å². The first-order valence-electron chi connectivity index (χ1n) is 6.62. The Labute approximate surface area is 111 Å². The van der Waals surface area contributed by atoms with Gasteiger partial charge in [-0.15, -0.1) is 5.10 Å². The summed E-state index contributed by atoms with van der Waals surface area (Å²) in [6.45, 7) is 2.50. The van der Waals surface area contributed by atoms with Crippen LogP contribution in [-0.4, -0.2) is 26.7 Å². The highest BCUT2D eigenvalue weighted by Crippen LogP contribution is 2.42. The average molecular weight is 259 g/mol. The zero-order valence-electron chi connectivity index (χ0n) is 10.9. The second kappa shape index (κ2) is 5.01. The first-order valence-corrected chi connectivity index (χ1v) is 6.62. The van der Waals surface area contributed by atoms with E-state index in [1.807, 2.05) is 35.9 Å². The number of ether oxygens (including phenoxy) is 1. The number of aliphatic hydroxyl groups excluding tert-OH is 1. The van der Waals surface area contributed by atoms with E-state index in [2.05, 4.69) is 10.3 Å². The molecule has 1 aliphatic carbocycles. The van der Waals surface area contributed by atoms with E-state index in [0.29, 0.717) is 18.2 Å². The SMILES string of the molecule is CCOc1ccccc1-n1nnc(CO)c1C1CC1. The van der Waals surface area contributed by atoms with Crippen LogP contribution in [-0.2, 0) is 6.61 Å². The van der Waals surface area contributed by atoms with E-state index in [1.54, 1.807) is 0 Å². The molecule has 19 heavy (non-hydrogen) atoms. The Morgan fingerprint density at radius 1 is 1.37 bits per heavy atom. The summed E-state index contributed by atoms with van der Waals surface area (Å²) in [6.07, 6.45) is 2.27. The first kappa shape index (κ1) is 12.2. The minimum Gasteiger partial charge on any atom is -0.492 e. The molecule has 1 aromatic carbocycles. The van der Waals surface area contributed by atoms with Crippen molar-refractivity contribution in [3.63, 3.8) is 0 Å². The maximum atomic E-state index is 9.38. The standard InChI is InChI=1S/C14H17N3O2/c1-2-19-13-6-4-3-5-12(13)17-14(10-7-8-10)11(9-18)15-16-17/h3-6,10,18H,2,7-9H2,1H3. The minimum atomic E-state index is -0.0668. The summed E-state index contributed by atoms with van der Waals surface area (Å²) < 4.78 is 7.45. The summed E-state index contributed by atoms with van der Waals surface area (Å²) in [6, 6.07) is 7.78. The molecule has 1 N–H and O–H groups in total. The van der Waals surface area contributed by atoms with Gasteiger partial charge in [-0.1, -0.05) is 17.3 Å². The molecular weight excluding hydrogens is 242 g/mol. The molecule has 0 saturated heterocycles. The lowest BCUT2D eigenvalue weighted by molar-refractivity contribution is 0.275. The molecule has 2 aromatic rings. The van der Waals surface area contributed by atoms with Crippen LogP contribution in [0, 0.1) is 0 Å². The van der Waals surface area contributed by atoms with Gasteiger partial charge in [0.2, 0.25) is 0 Å². The van der Waals surface area contributed by atoms with E-state index in [4.69, 9.17) is 4.74 Å². The van der Waals surface area contributed by atoms with Gasteiger partial charge in [-0.05, 0) is 31.9 Å². The molecule has 0 unspecified atom stereocenters. The predicted molar refractivity (Wildman–Crippen MR) is 70.4 cm³/mol. The number of aromatic nitrogens is 3. The second-order valence-electron chi connectivity index (χ2n) is 4.67. The van der Waals surface area contributed by atoms with Crippen LogP contribution in [0.1, 0.15) is 37.1 Å². The van der Waals surface area contributed by atoms with Crippen molar-refractivity contribution in [2.24, 2.45) is 0 Å². The molecule has 0 amide bonds. The van der Waals surface area contributed by atoms with Crippen molar-refractivity contribution in [1.82, 2.24) is 15.0 Å². The second-order valence-corrected chi connectivity index (χ2v) is 4.67. The van der Waals surface area contributed by atoms with Gasteiger partial charge < -0.3 is 9.84 Å². The monoisotopic (exact) mass is 259 g/mol. The van der Waals surface area contributed by atoms with Crippen LogP contribution in [0.3, 0.4) is 0 Å². The van der Waals surface area contributed by atoms with E-state index in [-0.39, 0.29) is 6.61 Å². The van der Waals surface area contributed by atoms with E-state index in [1.165, 1.54) is 0 Å². The molecule has 0 atom stereocenters. The zero-order chi connectivity index (χ0) is 13.2. The molecule has 3 rings (SSSR count). The Hall–Kier alpha value is -1.88. The van der Waals surface area contributed by atoms with Crippen LogP contribution >= 0.6 is 0 Å². The summed E-state index contributed by atoms with van der Waals surface area (Å²) >= 11 is 0. The number of hydrogen-bond donors (Lipinski definition) is 1. The Bertz CT molecular complexity index is 576. The van der Waals surface area contributed by atoms with Gasteiger partial charge in [0.05, 0.1) is 18.9 Å². The van der Waals surface area contributed by atoms with Gasteiger partial charge in [0.1, 0.15) is 17.1 Å². The molecule has 1 heterocycles. The van der Waals surface area contributed by atoms with Crippen molar-refractivity contribution in [2.45, 2.75) is 32.3 Å². The predicted octanol–water partition coefficient (Wildman–Crippen LogP) is 2.04. The molecule has 5 nitrogen and oxygen atoms in total. The number of nitrogens with zero attached hydrogens (tertiary/aromatic N) is 3. The van der Waals surface area contributed by atoms with Crippen molar-refractivity contribution in [1.29, 1.82) is 0 Å². The van der Waals surface area contributed by atoms with Crippen molar-refractivity contribution < 1.29 is 9.84 Å². The number of aliphatic hydroxyl groups is 1. The molecule has 5 heteroatoms. The lowest BCUT2D eigenvalue weighted by atomic mass is 10.2. The molecule has 0 bridgehead atoms.